The first-order valence-electron chi connectivity index (χ1n) is 7.50. The van der Waals surface area contributed by atoms with Gasteiger partial charge in [0.15, 0.2) is 0 Å². The van der Waals surface area contributed by atoms with Crippen molar-refractivity contribution in [2.75, 3.05) is 0 Å². The molecule has 0 radical (unpaired) electrons. The third-order valence-electron chi connectivity index (χ3n) is 3.92. The van der Waals surface area contributed by atoms with Gasteiger partial charge in [0.1, 0.15) is 0 Å². The maximum absolute atomic E-state index is 9.52. The van der Waals surface area contributed by atoms with Crippen LogP contribution in [0.5, 0.6) is 0 Å². The Labute approximate surface area is 131 Å². The van der Waals surface area contributed by atoms with E-state index >= 15 is 0 Å². The Morgan fingerprint density at radius 1 is 0.955 bits per heavy atom. The highest BCUT2D eigenvalue weighted by Crippen LogP contribution is 2.24. The molecule has 0 unspecified atom stereocenters. The second-order valence-corrected chi connectivity index (χ2v) is 5.29. The summed E-state index contributed by atoms with van der Waals surface area (Å²) in [6, 6.07) is 25.0. The van der Waals surface area contributed by atoms with E-state index in [4.69, 9.17) is 0 Å². The van der Waals surface area contributed by atoms with Crippen molar-refractivity contribution in [3.05, 3.63) is 83.4 Å². The number of hydrogen-bond donors (Lipinski definition) is 0. The Morgan fingerprint density at radius 2 is 1.68 bits per heavy atom. The number of allylic oxidation sites excluding steroid dienone is 1. The average molecular weight is 283 g/mol. The molecule has 3 aromatic carbocycles. The number of rotatable bonds is 3. The molecule has 0 heterocycles. The van der Waals surface area contributed by atoms with Gasteiger partial charge in [0.25, 0.3) is 0 Å². The van der Waals surface area contributed by atoms with E-state index in [1.165, 1.54) is 16.3 Å². The predicted molar refractivity (Wildman–Crippen MR) is 93.3 cm³/mol. The van der Waals surface area contributed by atoms with Crippen LogP contribution in [0.3, 0.4) is 0 Å². The van der Waals surface area contributed by atoms with E-state index in [0.717, 1.165) is 17.5 Å². The number of nitriles is 1. The minimum Gasteiger partial charge on any atom is -0.192 e. The van der Waals surface area contributed by atoms with Crippen molar-refractivity contribution in [3.8, 4) is 6.07 Å². The standard InChI is InChI=1S/C21H17N/c1-2-16-10-12-17(13-11-16)20(15-22)14-19-8-5-7-18-6-3-4-9-21(18)19/h3-14H,2H2,1H3. The molecule has 1 nitrogen and oxygen atoms in total. The molecule has 0 aliphatic rings. The van der Waals surface area contributed by atoms with Crippen molar-refractivity contribution in [2.45, 2.75) is 13.3 Å². The Balaban J connectivity index is 2.09. The molecule has 0 saturated carbocycles. The van der Waals surface area contributed by atoms with Crippen LogP contribution < -0.4 is 0 Å². The minimum atomic E-state index is 0.694. The van der Waals surface area contributed by atoms with E-state index in [1.54, 1.807) is 0 Å². The summed E-state index contributed by atoms with van der Waals surface area (Å²) in [4.78, 5) is 0. The molecule has 0 aliphatic carbocycles. The van der Waals surface area contributed by atoms with E-state index in [2.05, 4.69) is 49.4 Å². The normalized spacial score (nSPS) is 11.4. The van der Waals surface area contributed by atoms with Gasteiger partial charge in [0.2, 0.25) is 0 Å². The number of nitrogens with zero attached hydrogens (tertiary/aromatic N) is 1. The lowest BCUT2D eigenvalue weighted by atomic mass is 9.99. The number of benzene rings is 3. The van der Waals surface area contributed by atoms with Gasteiger partial charge in [-0.05, 0) is 40.0 Å². The zero-order chi connectivity index (χ0) is 15.4. The smallest absolute Gasteiger partial charge is 0.0998 e. The van der Waals surface area contributed by atoms with Crippen LogP contribution in [0.4, 0.5) is 0 Å². The SMILES string of the molecule is CCc1ccc(C(C#N)=Cc2cccc3ccccc23)cc1. The lowest BCUT2D eigenvalue weighted by Gasteiger charge is -2.05. The van der Waals surface area contributed by atoms with Gasteiger partial charge in [-0.15, -0.1) is 0 Å². The zero-order valence-corrected chi connectivity index (χ0v) is 12.6. The second kappa shape index (κ2) is 6.28. The highest BCUT2D eigenvalue weighted by molar-refractivity contribution is 5.98. The number of aryl methyl sites for hydroxylation is 1. The van der Waals surface area contributed by atoms with Gasteiger partial charge in [0, 0.05) is 0 Å². The van der Waals surface area contributed by atoms with Gasteiger partial charge in [-0.3, -0.25) is 0 Å². The molecule has 106 valence electrons. The molecular formula is C21H17N. The summed E-state index contributed by atoms with van der Waals surface area (Å²) in [6.45, 7) is 2.13. The Kier molecular flexibility index (Phi) is 4.03. The molecule has 0 bridgehead atoms. The Bertz CT molecular complexity index is 859. The summed E-state index contributed by atoms with van der Waals surface area (Å²) in [5.41, 5.74) is 4.02. The van der Waals surface area contributed by atoms with Crippen LogP contribution in [0, 0.1) is 11.3 Å². The topological polar surface area (TPSA) is 23.8 Å². The van der Waals surface area contributed by atoms with Crippen molar-refractivity contribution in [3.63, 3.8) is 0 Å². The maximum Gasteiger partial charge on any atom is 0.0998 e. The van der Waals surface area contributed by atoms with Crippen molar-refractivity contribution >= 4 is 22.4 Å². The third kappa shape index (κ3) is 2.77. The number of fused-ring (bicyclic) bond motifs is 1. The lowest BCUT2D eigenvalue weighted by Crippen LogP contribution is -1.85. The molecule has 3 rings (SSSR count). The first-order chi connectivity index (χ1) is 10.8. The third-order valence-corrected chi connectivity index (χ3v) is 3.92. The van der Waals surface area contributed by atoms with Crippen LogP contribution in [0.1, 0.15) is 23.6 Å². The van der Waals surface area contributed by atoms with E-state index in [-0.39, 0.29) is 0 Å². The highest BCUT2D eigenvalue weighted by Gasteiger charge is 2.03. The monoisotopic (exact) mass is 283 g/mol. The Morgan fingerprint density at radius 3 is 2.41 bits per heavy atom. The van der Waals surface area contributed by atoms with Crippen LogP contribution >= 0.6 is 0 Å². The number of hydrogen-bond acceptors (Lipinski definition) is 1. The van der Waals surface area contributed by atoms with E-state index in [1.807, 2.05) is 36.4 Å². The largest absolute Gasteiger partial charge is 0.192 e. The molecule has 0 spiro atoms. The van der Waals surface area contributed by atoms with Crippen molar-refractivity contribution < 1.29 is 0 Å². The summed E-state index contributed by atoms with van der Waals surface area (Å²) in [6.07, 6.45) is 2.98. The molecular weight excluding hydrogens is 266 g/mol. The molecule has 0 saturated heterocycles. The minimum absolute atomic E-state index is 0.694. The van der Waals surface area contributed by atoms with E-state index in [9.17, 15) is 5.26 Å². The van der Waals surface area contributed by atoms with Gasteiger partial charge in [-0.1, -0.05) is 73.7 Å². The predicted octanol–water partition coefficient (Wildman–Crippen LogP) is 5.47. The van der Waals surface area contributed by atoms with Crippen molar-refractivity contribution in [1.29, 1.82) is 5.26 Å². The molecule has 0 amide bonds. The average Bonchev–Trinajstić information content (AvgIpc) is 2.60. The van der Waals surface area contributed by atoms with Gasteiger partial charge >= 0.3 is 0 Å². The molecule has 0 aromatic heterocycles. The summed E-state index contributed by atoms with van der Waals surface area (Å²) in [5.74, 6) is 0. The van der Waals surface area contributed by atoms with Gasteiger partial charge < -0.3 is 0 Å². The molecule has 0 atom stereocenters. The van der Waals surface area contributed by atoms with Gasteiger partial charge in [-0.2, -0.15) is 5.26 Å². The molecule has 0 aliphatic heterocycles. The summed E-state index contributed by atoms with van der Waals surface area (Å²) in [5, 5.41) is 11.9. The molecule has 0 fully saturated rings. The van der Waals surface area contributed by atoms with Crippen molar-refractivity contribution in [2.24, 2.45) is 0 Å². The van der Waals surface area contributed by atoms with E-state index in [0.29, 0.717) is 5.57 Å². The first kappa shape index (κ1) is 14.1. The fourth-order valence-electron chi connectivity index (χ4n) is 2.63. The zero-order valence-electron chi connectivity index (χ0n) is 12.6. The summed E-state index contributed by atoms with van der Waals surface area (Å²) in [7, 11) is 0. The molecule has 0 N–H and O–H groups in total. The lowest BCUT2D eigenvalue weighted by molar-refractivity contribution is 1.14. The summed E-state index contributed by atoms with van der Waals surface area (Å²) < 4.78 is 0. The quantitative estimate of drug-likeness (QED) is 0.462. The van der Waals surface area contributed by atoms with E-state index < -0.39 is 0 Å². The van der Waals surface area contributed by atoms with Crippen LogP contribution in [0.2, 0.25) is 0 Å². The fourth-order valence-corrected chi connectivity index (χ4v) is 2.63. The van der Waals surface area contributed by atoms with Crippen LogP contribution in [0.15, 0.2) is 66.7 Å². The first-order valence-corrected chi connectivity index (χ1v) is 7.50. The maximum atomic E-state index is 9.52. The molecule has 22 heavy (non-hydrogen) atoms. The van der Waals surface area contributed by atoms with Crippen LogP contribution in [0.25, 0.3) is 22.4 Å². The van der Waals surface area contributed by atoms with Gasteiger partial charge in [0.05, 0.1) is 11.6 Å². The van der Waals surface area contributed by atoms with Crippen LogP contribution in [-0.2, 0) is 6.42 Å². The molecule has 3 aromatic rings. The van der Waals surface area contributed by atoms with Crippen LogP contribution in [-0.4, -0.2) is 0 Å². The summed E-state index contributed by atoms with van der Waals surface area (Å²) >= 11 is 0. The van der Waals surface area contributed by atoms with Gasteiger partial charge in [-0.25, -0.2) is 0 Å². The van der Waals surface area contributed by atoms with Crippen molar-refractivity contribution in [1.82, 2.24) is 0 Å². The molecule has 1 heteroatoms. The highest BCUT2D eigenvalue weighted by atomic mass is 14.2. The fraction of sp³-hybridized carbons (Fsp3) is 0.0952. The Hall–Kier alpha value is -2.85. The second-order valence-electron chi connectivity index (χ2n) is 5.29.